The van der Waals surface area contributed by atoms with Gasteiger partial charge in [0.1, 0.15) is 0 Å². The number of anilines is 1. The smallest absolute Gasteiger partial charge is 0.315 e. The van der Waals surface area contributed by atoms with Gasteiger partial charge in [0, 0.05) is 17.8 Å². The van der Waals surface area contributed by atoms with E-state index < -0.39 is 0 Å². The number of hydrogen-bond donors (Lipinski definition) is 3. The van der Waals surface area contributed by atoms with Crippen molar-refractivity contribution >= 4 is 11.7 Å². The summed E-state index contributed by atoms with van der Waals surface area (Å²) < 4.78 is 0. The number of nitrogens with two attached hydrogens (primary N) is 1. The van der Waals surface area contributed by atoms with Crippen LogP contribution in [0.15, 0.2) is 24.3 Å². The van der Waals surface area contributed by atoms with Gasteiger partial charge in [-0.1, -0.05) is 18.2 Å². The molecule has 0 atom stereocenters. The van der Waals surface area contributed by atoms with E-state index in [0.29, 0.717) is 6.54 Å². The van der Waals surface area contributed by atoms with E-state index in [9.17, 15) is 4.79 Å². The van der Waals surface area contributed by atoms with E-state index in [-0.39, 0.29) is 11.6 Å². The van der Waals surface area contributed by atoms with Gasteiger partial charge in [-0.25, -0.2) is 4.79 Å². The van der Waals surface area contributed by atoms with Gasteiger partial charge in [0.15, 0.2) is 0 Å². The lowest BCUT2D eigenvalue weighted by Gasteiger charge is -2.19. The molecule has 0 aromatic heterocycles. The molecule has 1 saturated carbocycles. The highest BCUT2D eigenvalue weighted by Gasteiger charge is 2.46. The van der Waals surface area contributed by atoms with Crippen molar-refractivity contribution in [1.29, 1.82) is 0 Å². The first-order chi connectivity index (χ1) is 7.68. The molecular weight excluding hydrogens is 202 g/mol. The fraction of sp³-hybridized carbons (Fsp3) is 0.417. The third kappa shape index (κ3) is 1.96. The second kappa shape index (κ2) is 4.04. The zero-order chi connectivity index (χ0) is 11.6. The summed E-state index contributed by atoms with van der Waals surface area (Å²) in [6, 6.07) is 7.58. The molecule has 1 aliphatic carbocycles. The summed E-state index contributed by atoms with van der Waals surface area (Å²) in [4.78, 5) is 11.5. The molecule has 4 N–H and O–H groups in total. The number of benzene rings is 1. The van der Waals surface area contributed by atoms with Crippen LogP contribution in [0.2, 0.25) is 0 Å². The Kier molecular flexibility index (Phi) is 2.73. The van der Waals surface area contributed by atoms with Crippen molar-refractivity contribution in [2.24, 2.45) is 0 Å². The third-order valence-corrected chi connectivity index (χ3v) is 2.92. The van der Waals surface area contributed by atoms with Crippen LogP contribution in [0.1, 0.15) is 25.3 Å². The third-order valence-electron chi connectivity index (χ3n) is 2.92. The van der Waals surface area contributed by atoms with E-state index >= 15 is 0 Å². The van der Waals surface area contributed by atoms with Crippen LogP contribution in [0.25, 0.3) is 0 Å². The van der Waals surface area contributed by atoms with E-state index in [1.54, 1.807) is 0 Å². The maximum atomic E-state index is 11.5. The molecule has 2 rings (SSSR count). The summed E-state index contributed by atoms with van der Waals surface area (Å²) >= 11 is 0. The average Bonchev–Trinajstić information content (AvgIpc) is 2.99. The number of urea groups is 1. The molecule has 0 radical (unpaired) electrons. The number of carbonyl (C=O) groups excluding carboxylic acids is 1. The van der Waals surface area contributed by atoms with Crippen LogP contribution in [0.5, 0.6) is 0 Å². The molecule has 1 fully saturated rings. The highest BCUT2D eigenvalue weighted by molar-refractivity contribution is 5.76. The van der Waals surface area contributed by atoms with Crippen LogP contribution in [0, 0.1) is 0 Å². The molecule has 0 bridgehead atoms. The molecule has 2 amide bonds. The van der Waals surface area contributed by atoms with Crippen molar-refractivity contribution in [3.63, 3.8) is 0 Å². The SMILES string of the molecule is CCNC(=O)NC1(c2ccccc2N)CC1. The van der Waals surface area contributed by atoms with Crippen molar-refractivity contribution in [2.75, 3.05) is 12.3 Å². The Labute approximate surface area is 95.2 Å². The zero-order valence-electron chi connectivity index (χ0n) is 9.42. The van der Waals surface area contributed by atoms with Gasteiger partial charge in [-0.3, -0.25) is 0 Å². The lowest BCUT2D eigenvalue weighted by atomic mass is 10.0. The molecule has 86 valence electrons. The van der Waals surface area contributed by atoms with Crippen LogP contribution in [-0.4, -0.2) is 12.6 Å². The number of carbonyl (C=O) groups is 1. The van der Waals surface area contributed by atoms with Crippen molar-refractivity contribution in [3.8, 4) is 0 Å². The summed E-state index contributed by atoms with van der Waals surface area (Å²) in [5.74, 6) is 0. The number of amides is 2. The molecule has 16 heavy (non-hydrogen) atoms. The minimum atomic E-state index is -0.232. The second-order valence-corrected chi connectivity index (χ2v) is 4.15. The highest BCUT2D eigenvalue weighted by atomic mass is 16.2. The molecule has 0 aliphatic heterocycles. The Morgan fingerprint density at radius 1 is 1.44 bits per heavy atom. The first kappa shape index (κ1) is 10.8. The minimum Gasteiger partial charge on any atom is -0.398 e. The van der Waals surface area contributed by atoms with Crippen LogP contribution in [-0.2, 0) is 5.54 Å². The zero-order valence-corrected chi connectivity index (χ0v) is 9.42. The fourth-order valence-corrected chi connectivity index (χ4v) is 1.94. The topological polar surface area (TPSA) is 67.2 Å². The molecule has 1 aromatic rings. The maximum absolute atomic E-state index is 11.5. The molecule has 4 nitrogen and oxygen atoms in total. The molecule has 0 unspecified atom stereocenters. The number of nitrogens with one attached hydrogen (secondary N) is 2. The molecule has 0 heterocycles. The number of nitrogen functional groups attached to an aromatic ring is 1. The predicted octanol–water partition coefficient (Wildman–Crippen LogP) is 1.58. The monoisotopic (exact) mass is 219 g/mol. The van der Waals surface area contributed by atoms with E-state index in [4.69, 9.17) is 5.73 Å². The predicted molar refractivity (Wildman–Crippen MR) is 64.0 cm³/mol. The van der Waals surface area contributed by atoms with Crippen LogP contribution >= 0.6 is 0 Å². The number of rotatable bonds is 3. The molecule has 1 aliphatic rings. The van der Waals surface area contributed by atoms with Gasteiger partial charge in [-0.15, -0.1) is 0 Å². The van der Waals surface area contributed by atoms with Gasteiger partial charge in [0.2, 0.25) is 0 Å². The quantitative estimate of drug-likeness (QED) is 0.676. The maximum Gasteiger partial charge on any atom is 0.315 e. The lowest BCUT2D eigenvalue weighted by Crippen LogP contribution is -2.42. The Bertz CT molecular complexity index is 399. The van der Waals surface area contributed by atoms with Gasteiger partial charge in [-0.2, -0.15) is 0 Å². The van der Waals surface area contributed by atoms with Gasteiger partial charge >= 0.3 is 6.03 Å². The van der Waals surface area contributed by atoms with Crippen LogP contribution in [0.4, 0.5) is 10.5 Å². The summed E-state index contributed by atoms with van der Waals surface area (Å²) in [5.41, 5.74) is 7.47. The Morgan fingerprint density at radius 3 is 2.69 bits per heavy atom. The molecular formula is C12H17N3O. The van der Waals surface area contributed by atoms with Crippen molar-refractivity contribution in [1.82, 2.24) is 10.6 Å². The average molecular weight is 219 g/mol. The van der Waals surface area contributed by atoms with Crippen LogP contribution in [0.3, 0.4) is 0 Å². The molecule has 0 spiro atoms. The van der Waals surface area contributed by atoms with Gasteiger partial charge in [-0.05, 0) is 25.8 Å². The van der Waals surface area contributed by atoms with Gasteiger partial charge < -0.3 is 16.4 Å². The first-order valence-electron chi connectivity index (χ1n) is 5.59. The summed E-state index contributed by atoms with van der Waals surface area (Å²) in [6.07, 6.45) is 1.91. The summed E-state index contributed by atoms with van der Waals surface area (Å²) in [5, 5.41) is 5.74. The van der Waals surface area contributed by atoms with E-state index in [2.05, 4.69) is 10.6 Å². The first-order valence-corrected chi connectivity index (χ1v) is 5.59. The Balaban J connectivity index is 2.14. The van der Waals surface area contributed by atoms with Crippen molar-refractivity contribution < 1.29 is 4.79 Å². The Hall–Kier alpha value is -1.71. The second-order valence-electron chi connectivity index (χ2n) is 4.15. The largest absolute Gasteiger partial charge is 0.398 e. The highest BCUT2D eigenvalue weighted by Crippen LogP contribution is 2.47. The van der Waals surface area contributed by atoms with Crippen molar-refractivity contribution in [3.05, 3.63) is 29.8 Å². The summed E-state index contributed by atoms with van der Waals surface area (Å²) in [7, 11) is 0. The van der Waals surface area contributed by atoms with Gasteiger partial charge in [0.05, 0.1) is 5.54 Å². The van der Waals surface area contributed by atoms with E-state index in [0.717, 1.165) is 24.1 Å². The minimum absolute atomic E-state index is 0.122. The molecule has 1 aromatic carbocycles. The standard InChI is InChI=1S/C12H17N3O/c1-2-14-11(16)15-12(7-8-12)9-5-3-4-6-10(9)13/h3-6H,2,7-8,13H2,1H3,(H2,14,15,16). The number of para-hydroxylation sites is 1. The molecule has 4 heteroatoms. The summed E-state index contributed by atoms with van der Waals surface area (Å²) in [6.45, 7) is 2.53. The van der Waals surface area contributed by atoms with Crippen molar-refractivity contribution in [2.45, 2.75) is 25.3 Å². The van der Waals surface area contributed by atoms with Gasteiger partial charge in [0.25, 0.3) is 0 Å². The molecule has 0 saturated heterocycles. The van der Waals surface area contributed by atoms with Crippen LogP contribution < -0.4 is 16.4 Å². The Morgan fingerprint density at radius 2 is 2.12 bits per heavy atom. The normalized spacial score (nSPS) is 16.6. The fourth-order valence-electron chi connectivity index (χ4n) is 1.94. The van der Waals surface area contributed by atoms with E-state index in [1.807, 2.05) is 31.2 Å². The lowest BCUT2D eigenvalue weighted by molar-refractivity contribution is 0.236. The number of hydrogen-bond acceptors (Lipinski definition) is 2. The van der Waals surface area contributed by atoms with E-state index in [1.165, 1.54) is 0 Å².